The van der Waals surface area contributed by atoms with Gasteiger partial charge in [0.25, 0.3) is 5.91 Å². The molecule has 23 heavy (non-hydrogen) atoms. The predicted octanol–water partition coefficient (Wildman–Crippen LogP) is 4.96. The number of aryl methyl sites for hydroxylation is 1. The van der Waals surface area contributed by atoms with Crippen molar-refractivity contribution >= 4 is 23.2 Å². The number of hydrogen-bond donors (Lipinski definition) is 1. The van der Waals surface area contributed by atoms with Gasteiger partial charge in [-0.05, 0) is 43.3 Å². The summed E-state index contributed by atoms with van der Waals surface area (Å²) in [5, 5.41) is 3.46. The lowest BCUT2D eigenvalue weighted by Crippen LogP contribution is -2.11. The Balaban J connectivity index is 1.78. The molecule has 0 aliphatic carbocycles. The first-order chi connectivity index (χ1) is 11.1. The van der Waals surface area contributed by atoms with Gasteiger partial charge in [-0.2, -0.15) is 0 Å². The van der Waals surface area contributed by atoms with Crippen molar-refractivity contribution in [3.05, 3.63) is 83.0 Å². The lowest BCUT2D eigenvalue weighted by Gasteiger charge is -2.07. The van der Waals surface area contributed by atoms with E-state index < -0.39 is 0 Å². The number of halogens is 1. The van der Waals surface area contributed by atoms with E-state index in [9.17, 15) is 4.79 Å². The van der Waals surface area contributed by atoms with Crippen molar-refractivity contribution in [1.82, 2.24) is 4.98 Å². The number of amides is 1. The molecule has 0 aliphatic heterocycles. The van der Waals surface area contributed by atoms with Gasteiger partial charge in [-0.15, -0.1) is 0 Å². The minimum absolute atomic E-state index is 0.146. The standard InChI is InChI=1S/C19H15ClN2O/c1-13-4-10-16(11-5-13)22-19(23)15-8-6-14(7-9-15)18-17(20)3-2-12-21-18/h2-12H,1H3,(H,22,23). The first kappa shape index (κ1) is 15.3. The number of nitrogens with zero attached hydrogens (tertiary/aromatic N) is 1. The van der Waals surface area contributed by atoms with Crippen LogP contribution in [-0.2, 0) is 0 Å². The van der Waals surface area contributed by atoms with Gasteiger partial charge in [-0.3, -0.25) is 9.78 Å². The molecule has 2 aromatic carbocycles. The van der Waals surface area contributed by atoms with Crippen LogP contribution in [0.4, 0.5) is 5.69 Å². The van der Waals surface area contributed by atoms with Crippen LogP contribution in [0.2, 0.25) is 5.02 Å². The fourth-order valence-corrected chi connectivity index (χ4v) is 2.45. The van der Waals surface area contributed by atoms with Gasteiger partial charge >= 0.3 is 0 Å². The second-order valence-corrected chi connectivity index (χ2v) is 5.64. The van der Waals surface area contributed by atoms with Crippen molar-refractivity contribution < 1.29 is 4.79 Å². The van der Waals surface area contributed by atoms with Crippen molar-refractivity contribution in [2.75, 3.05) is 5.32 Å². The summed E-state index contributed by atoms with van der Waals surface area (Å²) >= 11 is 6.14. The molecule has 1 amide bonds. The quantitative estimate of drug-likeness (QED) is 0.740. The Hall–Kier alpha value is -2.65. The zero-order valence-corrected chi connectivity index (χ0v) is 13.3. The van der Waals surface area contributed by atoms with E-state index in [0.29, 0.717) is 16.3 Å². The highest BCUT2D eigenvalue weighted by atomic mass is 35.5. The van der Waals surface area contributed by atoms with Gasteiger partial charge in [0, 0.05) is 23.0 Å². The maximum absolute atomic E-state index is 12.3. The minimum atomic E-state index is -0.146. The summed E-state index contributed by atoms with van der Waals surface area (Å²) in [6, 6.07) is 18.5. The Bertz CT molecular complexity index is 827. The zero-order chi connectivity index (χ0) is 16.2. The molecule has 0 saturated heterocycles. The van der Waals surface area contributed by atoms with Crippen molar-refractivity contribution in [1.29, 1.82) is 0 Å². The highest BCUT2D eigenvalue weighted by molar-refractivity contribution is 6.33. The molecular weight excluding hydrogens is 308 g/mol. The molecule has 3 aromatic rings. The molecule has 0 spiro atoms. The third-order valence-corrected chi connectivity index (χ3v) is 3.79. The summed E-state index contributed by atoms with van der Waals surface area (Å²) in [7, 11) is 0. The maximum Gasteiger partial charge on any atom is 0.255 e. The molecule has 0 fully saturated rings. The Morgan fingerprint density at radius 1 is 1.00 bits per heavy atom. The van der Waals surface area contributed by atoms with Crippen LogP contribution in [0.15, 0.2) is 66.9 Å². The normalized spacial score (nSPS) is 10.3. The Kier molecular flexibility index (Phi) is 4.40. The molecule has 0 bridgehead atoms. The summed E-state index contributed by atoms with van der Waals surface area (Å²) < 4.78 is 0. The first-order valence-electron chi connectivity index (χ1n) is 7.22. The lowest BCUT2D eigenvalue weighted by atomic mass is 10.1. The average Bonchev–Trinajstić information content (AvgIpc) is 2.57. The van der Waals surface area contributed by atoms with E-state index in [0.717, 1.165) is 16.8 Å². The fourth-order valence-electron chi connectivity index (χ4n) is 2.22. The third-order valence-electron chi connectivity index (χ3n) is 3.49. The van der Waals surface area contributed by atoms with E-state index >= 15 is 0 Å². The smallest absolute Gasteiger partial charge is 0.255 e. The van der Waals surface area contributed by atoms with Crippen LogP contribution < -0.4 is 5.32 Å². The molecule has 1 aromatic heterocycles. The van der Waals surface area contributed by atoms with Crippen LogP contribution >= 0.6 is 11.6 Å². The van der Waals surface area contributed by atoms with Gasteiger partial charge in [0.15, 0.2) is 0 Å². The predicted molar refractivity (Wildman–Crippen MR) is 93.8 cm³/mol. The number of hydrogen-bond acceptors (Lipinski definition) is 2. The molecule has 0 atom stereocenters. The lowest BCUT2D eigenvalue weighted by molar-refractivity contribution is 0.102. The number of nitrogens with one attached hydrogen (secondary N) is 1. The first-order valence-corrected chi connectivity index (χ1v) is 7.60. The Morgan fingerprint density at radius 3 is 2.35 bits per heavy atom. The van der Waals surface area contributed by atoms with E-state index in [1.165, 1.54) is 0 Å². The second-order valence-electron chi connectivity index (χ2n) is 5.23. The second kappa shape index (κ2) is 6.63. The van der Waals surface area contributed by atoms with Gasteiger partial charge in [0.1, 0.15) is 0 Å². The largest absolute Gasteiger partial charge is 0.322 e. The molecule has 4 heteroatoms. The molecule has 0 radical (unpaired) electrons. The molecule has 0 unspecified atom stereocenters. The van der Waals surface area contributed by atoms with Gasteiger partial charge < -0.3 is 5.32 Å². The molecular formula is C19H15ClN2O. The highest BCUT2D eigenvalue weighted by Gasteiger charge is 2.08. The molecule has 3 nitrogen and oxygen atoms in total. The fraction of sp³-hybridized carbons (Fsp3) is 0.0526. The SMILES string of the molecule is Cc1ccc(NC(=O)c2ccc(-c3ncccc3Cl)cc2)cc1. The average molecular weight is 323 g/mol. The van der Waals surface area contributed by atoms with E-state index in [1.807, 2.05) is 43.3 Å². The maximum atomic E-state index is 12.3. The number of aromatic nitrogens is 1. The summed E-state index contributed by atoms with van der Waals surface area (Å²) in [4.78, 5) is 16.5. The van der Waals surface area contributed by atoms with Crippen molar-refractivity contribution in [2.24, 2.45) is 0 Å². The van der Waals surface area contributed by atoms with Gasteiger partial charge in [0.05, 0.1) is 10.7 Å². The number of rotatable bonds is 3. The molecule has 114 valence electrons. The number of carbonyl (C=O) groups excluding carboxylic acids is 1. The van der Waals surface area contributed by atoms with Crippen molar-refractivity contribution in [3.63, 3.8) is 0 Å². The summed E-state index contributed by atoms with van der Waals surface area (Å²) in [6.07, 6.45) is 1.69. The molecule has 3 rings (SSSR count). The van der Waals surface area contributed by atoms with Gasteiger partial charge in [0.2, 0.25) is 0 Å². The Morgan fingerprint density at radius 2 is 1.70 bits per heavy atom. The highest BCUT2D eigenvalue weighted by Crippen LogP contribution is 2.25. The number of anilines is 1. The monoisotopic (exact) mass is 322 g/mol. The van der Waals surface area contributed by atoms with E-state index in [1.54, 1.807) is 30.5 Å². The van der Waals surface area contributed by atoms with Crippen molar-refractivity contribution in [2.45, 2.75) is 6.92 Å². The van der Waals surface area contributed by atoms with E-state index in [-0.39, 0.29) is 5.91 Å². The van der Waals surface area contributed by atoms with Crippen LogP contribution in [0.25, 0.3) is 11.3 Å². The molecule has 1 N–H and O–H groups in total. The topological polar surface area (TPSA) is 42.0 Å². The third kappa shape index (κ3) is 3.58. The van der Waals surface area contributed by atoms with E-state index in [4.69, 9.17) is 11.6 Å². The van der Waals surface area contributed by atoms with Crippen LogP contribution in [0.3, 0.4) is 0 Å². The summed E-state index contributed by atoms with van der Waals surface area (Å²) in [6.45, 7) is 2.01. The molecule has 0 saturated carbocycles. The molecule has 0 aliphatic rings. The van der Waals surface area contributed by atoms with Crippen LogP contribution in [0, 0.1) is 6.92 Å². The number of carbonyl (C=O) groups is 1. The molecule has 1 heterocycles. The summed E-state index contributed by atoms with van der Waals surface area (Å²) in [5.74, 6) is -0.146. The van der Waals surface area contributed by atoms with E-state index in [2.05, 4.69) is 10.3 Å². The summed E-state index contributed by atoms with van der Waals surface area (Å²) in [5.41, 5.74) is 4.10. The van der Waals surface area contributed by atoms with Crippen molar-refractivity contribution in [3.8, 4) is 11.3 Å². The zero-order valence-electron chi connectivity index (χ0n) is 12.6. The van der Waals surface area contributed by atoms with Crippen LogP contribution in [0.1, 0.15) is 15.9 Å². The number of benzene rings is 2. The number of pyridine rings is 1. The van der Waals surface area contributed by atoms with Gasteiger partial charge in [-0.1, -0.05) is 41.4 Å². The van der Waals surface area contributed by atoms with Crippen LogP contribution in [-0.4, -0.2) is 10.9 Å². The van der Waals surface area contributed by atoms with Crippen LogP contribution in [0.5, 0.6) is 0 Å². The minimum Gasteiger partial charge on any atom is -0.322 e. The van der Waals surface area contributed by atoms with Gasteiger partial charge in [-0.25, -0.2) is 0 Å². The Labute approximate surface area is 140 Å².